The molecule has 1 saturated carbocycles. The first-order chi connectivity index (χ1) is 13.0. The molecule has 3 heterocycles. The van der Waals surface area contributed by atoms with Crippen molar-refractivity contribution < 1.29 is 9.90 Å². The second kappa shape index (κ2) is 8.03. The quantitative estimate of drug-likeness (QED) is 0.786. The van der Waals surface area contributed by atoms with Crippen LogP contribution < -0.4 is 5.32 Å². The maximum Gasteiger partial charge on any atom is 0.223 e. The number of piperidine rings is 1. The van der Waals surface area contributed by atoms with Crippen LogP contribution in [-0.4, -0.2) is 34.1 Å². The molecule has 2 fully saturated rings. The molecule has 2 aromatic heterocycles. The van der Waals surface area contributed by atoms with Crippen LogP contribution in [0, 0.1) is 5.92 Å². The van der Waals surface area contributed by atoms with Crippen LogP contribution in [-0.2, 0) is 11.3 Å². The lowest BCUT2D eigenvalue weighted by molar-refractivity contribution is -0.132. The van der Waals surface area contributed by atoms with Gasteiger partial charge >= 0.3 is 0 Å². The largest absolute Gasteiger partial charge is 0.388 e. The minimum absolute atomic E-state index is 0.00111. The summed E-state index contributed by atoms with van der Waals surface area (Å²) >= 11 is 3.47. The van der Waals surface area contributed by atoms with E-state index < -0.39 is 5.60 Å². The molecule has 4 nitrogen and oxygen atoms in total. The van der Waals surface area contributed by atoms with Crippen molar-refractivity contribution in [2.24, 2.45) is 5.92 Å². The molecule has 4 rings (SSSR count). The highest BCUT2D eigenvalue weighted by molar-refractivity contribution is 7.10. The van der Waals surface area contributed by atoms with Crippen LogP contribution in [0.15, 0.2) is 35.0 Å². The van der Waals surface area contributed by atoms with Gasteiger partial charge in [0.25, 0.3) is 0 Å². The summed E-state index contributed by atoms with van der Waals surface area (Å²) in [5.41, 5.74) is -0.908. The van der Waals surface area contributed by atoms with Gasteiger partial charge in [0.15, 0.2) is 0 Å². The highest BCUT2D eigenvalue weighted by atomic mass is 32.1. The summed E-state index contributed by atoms with van der Waals surface area (Å²) in [5.74, 6) is 0.231. The predicted molar refractivity (Wildman–Crippen MR) is 111 cm³/mol. The van der Waals surface area contributed by atoms with Gasteiger partial charge in [-0.3, -0.25) is 9.69 Å². The second-order valence-electron chi connectivity index (χ2n) is 8.08. The summed E-state index contributed by atoms with van der Waals surface area (Å²) in [6, 6.07) is 8.14. The molecule has 0 spiro atoms. The Bertz CT molecular complexity index is 736. The number of carbonyl (C=O) groups is 1. The highest BCUT2D eigenvalue weighted by Gasteiger charge is 2.47. The van der Waals surface area contributed by atoms with Crippen LogP contribution in [0.25, 0.3) is 0 Å². The van der Waals surface area contributed by atoms with Gasteiger partial charge in [0, 0.05) is 28.8 Å². The Morgan fingerprint density at radius 1 is 1.26 bits per heavy atom. The fraction of sp³-hybridized carbons (Fsp3) is 0.571. The average Bonchev–Trinajstić information content (AvgIpc) is 3.41. The Kier molecular flexibility index (Phi) is 5.69. The molecular formula is C21H28N2O2S2. The Morgan fingerprint density at radius 3 is 2.67 bits per heavy atom. The van der Waals surface area contributed by atoms with Crippen molar-refractivity contribution >= 4 is 28.6 Å². The van der Waals surface area contributed by atoms with Gasteiger partial charge in [0.1, 0.15) is 0 Å². The Morgan fingerprint density at radius 2 is 2.00 bits per heavy atom. The lowest BCUT2D eigenvalue weighted by atomic mass is 9.81. The Balaban J connectivity index is 1.61. The summed E-state index contributed by atoms with van der Waals surface area (Å²) in [6.45, 7) is 3.56. The number of nitrogens with one attached hydrogen (secondary N) is 1. The van der Waals surface area contributed by atoms with Crippen LogP contribution in [0.5, 0.6) is 0 Å². The number of thiophene rings is 2. The van der Waals surface area contributed by atoms with E-state index >= 15 is 0 Å². The number of amides is 1. The average molecular weight is 405 g/mol. The number of hydrogen-bond donors (Lipinski definition) is 2. The van der Waals surface area contributed by atoms with Gasteiger partial charge in [-0.25, -0.2) is 0 Å². The molecule has 1 amide bonds. The monoisotopic (exact) mass is 404 g/mol. The zero-order chi connectivity index (χ0) is 18.9. The van der Waals surface area contributed by atoms with Gasteiger partial charge in [-0.15, -0.1) is 22.7 Å². The number of hydrogen-bond acceptors (Lipinski definition) is 5. The van der Waals surface area contributed by atoms with E-state index in [0.717, 1.165) is 38.8 Å². The van der Waals surface area contributed by atoms with Crippen molar-refractivity contribution in [2.75, 3.05) is 6.54 Å². The first kappa shape index (κ1) is 19.1. The number of carbonyl (C=O) groups excluding carboxylic acids is 1. The SMILES string of the molecule is CC1(O)CCN(Cc2cccs2)C(c2cccs2)C1NC(=O)C1CCCC1. The first-order valence-electron chi connectivity index (χ1n) is 9.87. The third-order valence-electron chi connectivity index (χ3n) is 6.08. The molecule has 3 unspecified atom stereocenters. The van der Waals surface area contributed by atoms with Crippen LogP contribution in [0.4, 0.5) is 0 Å². The third-order valence-corrected chi connectivity index (χ3v) is 7.89. The lowest BCUT2D eigenvalue weighted by Gasteiger charge is -2.49. The maximum atomic E-state index is 12.9. The zero-order valence-corrected chi connectivity index (χ0v) is 17.4. The molecule has 1 aliphatic carbocycles. The first-order valence-corrected chi connectivity index (χ1v) is 11.6. The van der Waals surface area contributed by atoms with E-state index in [1.807, 2.05) is 6.92 Å². The number of aliphatic hydroxyl groups is 1. The van der Waals surface area contributed by atoms with E-state index in [9.17, 15) is 9.90 Å². The summed E-state index contributed by atoms with van der Waals surface area (Å²) in [7, 11) is 0. The van der Waals surface area contributed by atoms with E-state index in [0.29, 0.717) is 6.42 Å². The van der Waals surface area contributed by atoms with Gasteiger partial charge in [-0.1, -0.05) is 25.0 Å². The van der Waals surface area contributed by atoms with Crippen molar-refractivity contribution in [1.29, 1.82) is 0 Å². The lowest BCUT2D eigenvalue weighted by Crippen LogP contribution is -2.62. The second-order valence-corrected chi connectivity index (χ2v) is 10.1. The van der Waals surface area contributed by atoms with Gasteiger partial charge in [0.2, 0.25) is 5.91 Å². The smallest absolute Gasteiger partial charge is 0.223 e. The zero-order valence-electron chi connectivity index (χ0n) is 15.8. The standard InChI is InChI=1S/C21H28N2O2S2/c1-21(25)10-11-23(14-16-8-4-12-26-16)18(17-9-5-13-27-17)19(21)22-20(24)15-6-2-3-7-15/h4-5,8-9,12-13,15,18-19,25H,2-3,6-7,10-11,14H2,1H3,(H,22,24). The minimum atomic E-state index is -0.908. The van der Waals surface area contributed by atoms with E-state index in [4.69, 9.17) is 0 Å². The van der Waals surface area contributed by atoms with E-state index in [-0.39, 0.29) is 23.9 Å². The fourth-order valence-corrected chi connectivity index (χ4v) is 6.12. The minimum Gasteiger partial charge on any atom is -0.388 e. The molecule has 0 bridgehead atoms. The third kappa shape index (κ3) is 4.14. The van der Waals surface area contributed by atoms with Crippen molar-refractivity contribution in [1.82, 2.24) is 10.2 Å². The summed E-state index contributed by atoms with van der Waals surface area (Å²) in [4.78, 5) is 17.9. The molecule has 1 saturated heterocycles. The number of rotatable bonds is 5. The normalized spacial score (nSPS) is 29.9. The van der Waals surface area contributed by atoms with E-state index in [1.54, 1.807) is 22.7 Å². The molecular weight excluding hydrogens is 376 g/mol. The van der Waals surface area contributed by atoms with Crippen LogP contribution in [0.2, 0.25) is 0 Å². The van der Waals surface area contributed by atoms with E-state index in [1.165, 1.54) is 9.75 Å². The van der Waals surface area contributed by atoms with Gasteiger partial charge < -0.3 is 10.4 Å². The summed E-state index contributed by atoms with van der Waals surface area (Å²) < 4.78 is 0. The van der Waals surface area contributed by atoms with Crippen LogP contribution >= 0.6 is 22.7 Å². The van der Waals surface area contributed by atoms with Crippen molar-refractivity contribution in [3.8, 4) is 0 Å². The molecule has 2 N–H and O–H groups in total. The molecule has 1 aliphatic heterocycles. The van der Waals surface area contributed by atoms with Crippen LogP contribution in [0.1, 0.15) is 54.8 Å². The fourth-order valence-electron chi connectivity index (χ4n) is 4.49. The Hall–Kier alpha value is -1.21. The molecule has 0 radical (unpaired) electrons. The van der Waals surface area contributed by atoms with Crippen molar-refractivity contribution in [3.63, 3.8) is 0 Å². The highest BCUT2D eigenvalue weighted by Crippen LogP contribution is 2.40. The van der Waals surface area contributed by atoms with Gasteiger partial charge in [-0.05, 0) is 49.1 Å². The molecule has 2 aromatic rings. The van der Waals surface area contributed by atoms with Gasteiger partial charge in [-0.2, -0.15) is 0 Å². The summed E-state index contributed by atoms with van der Waals surface area (Å²) in [6.07, 6.45) is 4.89. The van der Waals surface area contributed by atoms with E-state index in [2.05, 4.69) is 45.2 Å². The topological polar surface area (TPSA) is 52.6 Å². The predicted octanol–water partition coefficient (Wildman–Crippen LogP) is 4.18. The number of likely N-dealkylation sites (tertiary alicyclic amines) is 1. The Labute approximate surface area is 169 Å². The molecule has 27 heavy (non-hydrogen) atoms. The number of nitrogens with zero attached hydrogens (tertiary/aromatic N) is 1. The van der Waals surface area contributed by atoms with Crippen molar-refractivity contribution in [3.05, 3.63) is 44.8 Å². The molecule has 146 valence electrons. The van der Waals surface area contributed by atoms with Crippen molar-refractivity contribution in [2.45, 2.75) is 63.3 Å². The van der Waals surface area contributed by atoms with Crippen LogP contribution in [0.3, 0.4) is 0 Å². The maximum absolute atomic E-state index is 12.9. The molecule has 6 heteroatoms. The molecule has 2 aliphatic rings. The molecule has 3 atom stereocenters. The molecule has 0 aromatic carbocycles. The summed E-state index contributed by atoms with van der Waals surface area (Å²) in [5, 5.41) is 18.7. The van der Waals surface area contributed by atoms with Gasteiger partial charge in [0.05, 0.1) is 17.7 Å².